The maximum absolute atomic E-state index is 4.52. The smallest absolute Gasteiger partial charge is 0.243 e. The molecule has 17 heavy (non-hydrogen) atoms. The summed E-state index contributed by atoms with van der Waals surface area (Å²) in [5, 5.41) is 11.6. The molecular formula is C12H22N4S. The van der Waals surface area contributed by atoms with Crippen LogP contribution in [0.5, 0.6) is 0 Å². The van der Waals surface area contributed by atoms with E-state index in [1.165, 1.54) is 0 Å². The Morgan fingerprint density at radius 1 is 1.12 bits per heavy atom. The largest absolute Gasteiger partial charge is 0.350 e. The van der Waals surface area contributed by atoms with E-state index < -0.39 is 0 Å². The van der Waals surface area contributed by atoms with Crippen molar-refractivity contribution in [2.45, 2.75) is 46.6 Å². The Hall–Kier alpha value is -0.840. The third-order valence-corrected chi connectivity index (χ3v) is 3.60. The van der Waals surface area contributed by atoms with Gasteiger partial charge in [-0.3, -0.25) is 0 Å². The highest BCUT2D eigenvalue weighted by Crippen LogP contribution is 2.09. The number of rotatable bonds is 7. The van der Waals surface area contributed by atoms with E-state index in [0.29, 0.717) is 12.0 Å². The molecule has 0 radical (unpaired) electrons. The topological polar surface area (TPSA) is 50.7 Å². The molecule has 0 bridgehead atoms. The van der Waals surface area contributed by atoms with E-state index in [-0.39, 0.29) is 0 Å². The second kappa shape index (κ2) is 7.48. The van der Waals surface area contributed by atoms with Crippen LogP contribution in [-0.4, -0.2) is 32.7 Å². The van der Waals surface area contributed by atoms with Crippen molar-refractivity contribution in [2.75, 3.05) is 16.8 Å². The Kier molecular flexibility index (Phi) is 6.26. The van der Waals surface area contributed by atoms with Crippen LogP contribution in [0.4, 0.5) is 5.95 Å². The van der Waals surface area contributed by atoms with Crippen LogP contribution in [0.25, 0.3) is 0 Å². The van der Waals surface area contributed by atoms with E-state index in [1.807, 2.05) is 11.8 Å². The first kappa shape index (κ1) is 14.2. The van der Waals surface area contributed by atoms with Gasteiger partial charge in [0.25, 0.3) is 0 Å². The lowest BCUT2D eigenvalue weighted by Crippen LogP contribution is -2.21. The molecule has 0 saturated heterocycles. The average molecular weight is 254 g/mol. The first-order chi connectivity index (χ1) is 8.21. The molecule has 0 aromatic carbocycles. The summed E-state index contributed by atoms with van der Waals surface area (Å²) in [6, 6.07) is 0.374. The monoisotopic (exact) mass is 254 g/mol. The van der Waals surface area contributed by atoms with Crippen LogP contribution < -0.4 is 5.32 Å². The van der Waals surface area contributed by atoms with Crippen LogP contribution >= 0.6 is 11.8 Å². The second-order valence-electron chi connectivity index (χ2n) is 3.94. The summed E-state index contributed by atoms with van der Waals surface area (Å²) in [6.45, 7) is 8.49. The summed E-state index contributed by atoms with van der Waals surface area (Å²) in [7, 11) is 0. The summed E-state index contributed by atoms with van der Waals surface area (Å²) < 4.78 is 0. The summed E-state index contributed by atoms with van der Waals surface area (Å²) >= 11 is 1.91. The number of aryl methyl sites for hydroxylation is 2. The van der Waals surface area contributed by atoms with Crippen LogP contribution in [0.3, 0.4) is 0 Å². The number of nitrogens with one attached hydrogen (secondary N) is 1. The lowest BCUT2D eigenvalue weighted by molar-refractivity contribution is 0.798. The minimum atomic E-state index is 0.374. The number of aromatic nitrogens is 3. The molecule has 0 aliphatic rings. The third-order valence-electron chi connectivity index (χ3n) is 2.46. The van der Waals surface area contributed by atoms with Crippen molar-refractivity contribution >= 4 is 17.7 Å². The minimum absolute atomic E-state index is 0.374. The Morgan fingerprint density at radius 2 is 1.82 bits per heavy atom. The normalized spacial score (nSPS) is 12.5. The molecular weight excluding hydrogens is 232 g/mol. The summed E-state index contributed by atoms with van der Waals surface area (Å²) in [6.07, 6.45) is 1.80. The number of anilines is 1. The van der Waals surface area contributed by atoms with E-state index in [0.717, 1.165) is 35.7 Å². The second-order valence-corrected chi connectivity index (χ2v) is 5.26. The predicted molar refractivity (Wildman–Crippen MR) is 74.7 cm³/mol. The van der Waals surface area contributed by atoms with E-state index in [4.69, 9.17) is 0 Å². The fourth-order valence-corrected chi connectivity index (χ4v) is 2.23. The Bertz CT molecular complexity index is 343. The van der Waals surface area contributed by atoms with Gasteiger partial charge in [0.1, 0.15) is 0 Å². The van der Waals surface area contributed by atoms with Gasteiger partial charge in [-0.2, -0.15) is 16.9 Å². The molecule has 0 aliphatic heterocycles. The molecule has 0 amide bonds. The van der Waals surface area contributed by atoms with E-state index in [2.05, 4.69) is 48.2 Å². The van der Waals surface area contributed by atoms with Gasteiger partial charge in [-0.15, -0.1) is 5.10 Å². The molecule has 0 saturated carbocycles. The fourth-order valence-electron chi connectivity index (χ4n) is 1.56. The molecule has 1 aromatic rings. The maximum atomic E-state index is 4.52. The van der Waals surface area contributed by atoms with Gasteiger partial charge in [0.2, 0.25) is 5.95 Å². The molecule has 1 unspecified atom stereocenters. The molecule has 4 nitrogen and oxygen atoms in total. The van der Waals surface area contributed by atoms with Crippen LogP contribution in [0.1, 0.15) is 39.1 Å². The van der Waals surface area contributed by atoms with Crippen LogP contribution in [-0.2, 0) is 12.8 Å². The zero-order valence-corrected chi connectivity index (χ0v) is 12.0. The lowest BCUT2D eigenvalue weighted by atomic mass is 10.2. The zero-order valence-electron chi connectivity index (χ0n) is 11.2. The SMILES string of the molecule is CCSCC(C)Nc1nnc(CC)c(CC)n1. The maximum Gasteiger partial charge on any atom is 0.243 e. The summed E-state index contributed by atoms with van der Waals surface area (Å²) in [4.78, 5) is 4.52. The highest BCUT2D eigenvalue weighted by molar-refractivity contribution is 7.99. The first-order valence-electron chi connectivity index (χ1n) is 6.27. The molecule has 1 atom stereocenters. The standard InChI is InChI=1S/C12H22N4S/c1-5-10-11(6-2)15-16-12(14-10)13-9(4)8-17-7-3/h9H,5-8H2,1-4H3,(H,13,14,16). The minimum Gasteiger partial charge on any atom is -0.350 e. The number of nitrogens with zero attached hydrogens (tertiary/aromatic N) is 3. The van der Waals surface area contributed by atoms with Gasteiger partial charge < -0.3 is 5.32 Å². The Labute approximate surface area is 108 Å². The van der Waals surface area contributed by atoms with Gasteiger partial charge in [0.15, 0.2) is 0 Å². The van der Waals surface area contributed by atoms with Gasteiger partial charge in [-0.25, -0.2) is 4.98 Å². The number of thioether (sulfide) groups is 1. The van der Waals surface area contributed by atoms with Crippen LogP contribution in [0, 0.1) is 0 Å². The Balaban J connectivity index is 2.65. The van der Waals surface area contributed by atoms with E-state index in [9.17, 15) is 0 Å². The molecule has 1 N–H and O–H groups in total. The highest BCUT2D eigenvalue weighted by atomic mass is 32.2. The fraction of sp³-hybridized carbons (Fsp3) is 0.750. The van der Waals surface area contributed by atoms with Gasteiger partial charge in [0.05, 0.1) is 11.4 Å². The molecule has 0 spiro atoms. The number of hydrogen-bond acceptors (Lipinski definition) is 5. The third kappa shape index (κ3) is 4.50. The summed E-state index contributed by atoms with van der Waals surface area (Å²) in [5.74, 6) is 2.86. The zero-order chi connectivity index (χ0) is 12.7. The molecule has 1 heterocycles. The molecule has 96 valence electrons. The predicted octanol–water partition coefficient (Wildman–Crippen LogP) is 2.55. The van der Waals surface area contributed by atoms with Crippen molar-refractivity contribution in [3.05, 3.63) is 11.4 Å². The quantitative estimate of drug-likeness (QED) is 0.810. The van der Waals surface area contributed by atoms with Crippen molar-refractivity contribution < 1.29 is 0 Å². The molecule has 0 fully saturated rings. The van der Waals surface area contributed by atoms with Crippen LogP contribution in [0.15, 0.2) is 0 Å². The van der Waals surface area contributed by atoms with Gasteiger partial charge in [-0.05, 0) is 25.5 Å². The van der Waals surface area contributed by atoms with E-state index in [1.54, 1.807) is 0 Å². The van der Waals surface area contributed by atoms with Crippen molar-refractivity contribution in [3.63, 3.8) is 0 Å². The molecule has 1 rings (SSSR count). The van der Waals surface area contributed by atoms with E-state index >= 15 is 0 Å². The van der Waals surface area contributed by atoms with Gasteiger partial charge in [0, 0.05) is 11.8 Å². The molecule has 0 aliphatic carbocycles. The summed E-state index contributed by atoms with van der Waals surface area (Å²) in [5.41, 5.74) is 2.06. The van der Waals surface area contributed by atoms with Crippen molar-refractivity contribution in [1.29, 1.82) is 0 Å². The highest BCUT2D eigenvalue weighted by Gasteiger charge is 2.08. The Morgan fingerprint density at radius 3 is 2.41 bits per heavy atom. The van der Waals surface area contributed by atoms with Crippen molar-refractivity contribution in [1.82, 2.24) is 15.2 Å². The molecule has 1 aromatic heterocycles. The average Bonchev–Trinajstić information content (AvgIpc) is 2.36. The van der Waals surface area contributed by atoms with Gasteiger partial charge in [-0.1, -0.05) is 20.8 Å². The van der Waals surface area contributed by atoms with Crippen molar-refractivity contribution in [3.8, 4) is 0 Å². The van der Waals surface area contributed by atoms with Crippen LogP contribution in [0.2, 0.25) is 0 Å². The first-order valence-corrected chi connectivity index (χ1v) is 7.43. The van der Waals surface area contributed by atoms with Gasteiger partial charge >= 0.3 is 0 Å². The molecule has 5 heteroatoms. The lowest BCUT2D eigenvalue weighted by Gasteiger charge is -2.13. The van der Waals surface area contributed by atoms with Crippen molar-refractivity contribution in [2.24, 2.45) is 0 Å². The number of hydrogen-bond donors (Lipinski definition) is 1.